The Morgan fingerprint density at radius 1 is 1.19 bits per heavy atom. The molecule has 0 radical (unpaired) electrons. The highest BCUT2D eigenvalue weighted by Gasteiger charge is 2.28. The summed E-state index contributed by atoms with van der Waals surface area (Å²) in [5.74, 6) is -0.354. The molecular formula is C19H30N4O4. The van der Waals surface area contributed by atoms with E-state index in [2.05, 4.69) is 6.58 Å². The summed E-state index contributed by atoms with van der Waals surface area (Å²) in [6.07, 6.45) is 4.42. The second-order valence-electron chi connectivity index (χ2n) is 7.14. The monoisotopic (exact) mass is 378 g/mol. The average molecular weight is 378 g/mol. The summed E-state index contributed by atoms with van der Waals surface area (Å²) in [4.78, 5) is 42.7. The fourth-order valence-electron chi connectivity index (χ4n) is 3.34. The second-order valence-corrected chi connectivity index (χ2v) is 7.14. The quantitative estimate of drug-likeness (QED) is 0.640. The van der Waals surface area contributed by atoms with E-state index in [4.69, 9.17) is 0 Å². The number of β-amino-alcohol motifs (C(OH)–C–C–N with tert-alkyl or cyclic N) is 1. The number of hydrogen-bond acceptors (Lipinski definition) is 5. The molecule has 1 atom stereocenters. The van der Waals surface area contributed by atoms with Crippen molar-refractivity contribution < 1.29 is 19.5 Å². The maximum Gasteiger partial charge on any atom is 0.246 e. The third-order valence-electron chi connectivity index (χ3n) is 4.98. The fraction of sp³-hybridized carbons (Fsp3) is 0.632. The minimum atomic E-state index is -0.714. The van der Waals surface area contributed by atoms with E-state index in [0.29, 0.717) is 39.1 Å². The van der Waals surface area contributed by atoms with E-state index in [1.54, 1.807) is 20.8 Å². The van der Waals surface area contributed by atoms with Gasteiger partial charge in [0, 0.05) is 38.8 Å². The van der Waals surface area contributed by atoms with Gasteiger partial charge in [0.05, 0.1) is 6.54 Å². The zero-order valence-corrected chi connectivity index (χ0v) is 16.2. The van der Waals surface area contributed by atoms with Gasteiger partial charge in [-0.25, -0.2) is 0 Å². The van der Waals surface area contributed by atoms with Gasteiger partial charge in [-0.3, -0.25) is 19.3 Å². The molecule has 2 aliphatic rings. The van der Waals surface area contributed by atoms with Gasteiger partial charge in [0.1, 0.15) is 12.8 Å². The predicted molar refractivity (Wildman–Crippen MR) is 102 cm³/mol. The van der Waals surface area contributed by atoms with Crippen molar-refractivity contribution in [1.29, 1.82) is 0 Å². The number of rotatable bonds is 6. The molecule has 27 heavy (non-hydrogen) atoms. The molecule has 0 aromatic heterocycles. The highest BCUT2D eigenvalue weighted by Crippen LogP contribution is 2.10. The number of aliphatic hydroxyl groups excluding tert-OH is 1. The van der Waals surface area contributed by atoms with E-state index in [0.717, 1.165) is 0 Å². The molecule has 8 heteroatoms. The number of carbonyl (C=O) groups excluding carboxylic acids is 3. The van der Waals surface area contributed by atoms with Gasteiger partial charge in [0.2, 0.25) is 17.7 Å². The molecule has 2 rings (SSSR count). The first-order valence-electron chi connectivity index (χ1n) is 9.42. The molecule has 2 aliphatic heterocycles. The Balaban J connectivity index is 1.73. The Bertz CT molecular complexity index is 605. The lowest BCUT2D eigenvalue weighted by atomic mass is 10.2. The van der Waals surface area contributed by atoms with Crippen molar-refractivity contribution in [2.75, 3.05) is 45.8 Å². The van der Waals surface area contributed by atoms with Crippen LogP contribution in [0.1, 0.15) is 20.3 Å². The van der Waals surface area contributed by atoms with Crippen LogP contribution in [0.5, 0.6) is 0 Å². The Morgan fingerprint density at radius 2 is 1.89 bits per heavy atom. The number of hydrogen-bond donors (Lipinski definition) is 1. The standard InChI is InChI=1S/C19H30N4O4/c1-4-16(24)21-10-9-20(18(26)13-21)8-6-5-7-17(25)22-11-12-23(15(2)3)19(27)14-22/h4-5,7,15,18,26H,1,6,8-14H2,2-3H3/b7-5+. The molecule has 3 amide bonds. The number of amides is 3. The molecule has 1 N–H and O–H groups in total. The minimum absolute atomic E-state index is 0.0203. The lowest BCUT2D eigenvalue weighted by molar-refractivity contribution is -0.144. The Morgan fingerprint density at radius 3 is 2.48 bits per heavy atom. The Labute approximate surface area is 160 Å². The molecular weight excluding hydrogens is 348 g/mol. The lowest BCUT2D eigenvalue weighted by Gasteiger charge is -2.38. The van der Waals surface area contributed by atoms with E-state index < -0.39 is 6.23 Å². The number of nitrogens with zero attached hydrogens (tertiary/aromatic N) is 4. The van der Waals surface area contributed by atoms with Gasteiger partial charge in [-0.1, -0.05) is 12.7 Å². The van der Waals surface area contributed by atoms with Crippen LogP contribution in [0, 0.1) is 0 Å². The van der Waals surface area contributed by atoms with Gasteiger partial charge in [0.25, 0.3) is 0 Å². The first kappa shape index (κ1) is 21.1. The van der Waals surface area contributed by atoms with Gasteiger partial charge in [0.15, 0.2) is 0 Å². The van der Waals surface area contributed by atoms with Crippen LogP contribution in [-0.4, -0.2) is 101 Å². The molecule has 8 nitrogen and oxygen atoms in total. The molecule has 150 valence electrons. The van der Waals surface area contributed by atoms with Crippen molar-refractivity contribution >= 4 is 17.7 Å². The normalized spacial score (nSPS) is 22.0. The average Bonchev–Trinajstić information content (AvgIpc) is 2.64. The summed E-state index contributed by atoms with van der Waals surface area (Å²) < 4.78 is 0. The molecule has 0 aromatic carbocycles. The summed E-state index contributed by atoms with van der Waals surface area (Å²) in [6.45, 7) is 10.6. The topological polar surface area (TPSA) is 84.4 Å². The second kappa shape index (κ2) is 9.66. The SMILES string of the molecule is C=CC(=O)N1CCN(CC/C=C/C(=O)N2CCN(C(C)C)C(=O)C2)C(O)C1. The summed E-state index contributed by atoms with van der Waals surface area (Å²) >= 11 is 0. The Hall–Kier alpha value is -2.19. The summed E-state index contributed by atoms with van der Waals surface area (Å²) in [7, 11) is 0. The van der Waals surface area contributed by atoms with Gasteiger partial charge < -0.3 is 19.8 Å². The van der Waals surface area contributed by atoms with E-state index in [-0.39, 0.29) is 36.9 Å². The molecule has 0 bridgehead atoms. The minimum Gasteiger partial charge on any atom is -0.376 e. The van der Waals surface area contributed by atoms with Crippen molar-refractivity contribution in [2.45, 2.75) is 32.5 Å². The lowest BCUT2D eigenvalue weighted by Crippen LogP contribution is -2.54. The maximum atomic E-state index is 12.2. The van der Waals surface area contributed by atoms with Crippen LogP contribution >= 0.6 is 0 Å². The third kappa shape index (κ3) is 5.64. The zero-order valence-electron chi connectivity index (χ0n) is 16.2. The van der Waals surface area contributed by atoms with Crippen molar-refractivity contribution in [3.05, 3.63) is 24.8 Å². The van der Waals surface area contributed by atoms with Gasteiger partial charge in [-0.15, -0.1) is 0 Å². The van der Waals surface area contributed by atoms with Crippen LogP contribution in [0.4, 0.5) is 0 Å². The van der Waals surface area contributed by atoms with Crippen LogP contribution in [0.2, 0.25) is 0 Å². The zero-order chi connectivity index (χ0) is 20.0. The predicted octanol–water partition coefficient (Wildman–Crippen LogP) is -0.339. The smallest absolute Gasteiger partial charge is 0.246 e. The molecule has 2 fully saturated rings. The largest absolute Gasteiger partial charge is 0.376 e. The highest BCUT2D eigenvalue weighted by molar-refractivity contribution is 5.92. The molecule has 2 saturated heterocycles. The van der Waals surface area contributed by atoms with E-state index >= 15 is 0 Å². The van der Waals surface area contributed by atoms with Crippen molar-refractivity contribution in [3.8, 4) is 0 Å². The van der Waals surface area contributed by atoms with Gasteiger partial charge >= 0.3 is 0 Å². The molecule has 0 aromatic rings. The summed E-state index contributed by atoms with van der Waals surface area (Å²) in [5.41, 5.74) is 0. The molecule has 2 heterocycles. The molecule has 1 unspecified atom stereocenters. The van der Waals surface area contributed by atoms with Crippen LogP contribution in [0.25, 0.3) is 0 Å². The Kier molecular flexibility index (Phi) is 7.55. The summed E-state index contributed by atoms with van der Waals surface area (Å²) in [6, 6.07) is 0.152. The molecule has 0 saturated carbocycles. The third-order valence-corrected chi connectivity index (χ3v) is 4.98. The molecule has 0 aliphatic carbocycles. The highest BCUT2D eigenvalue weighted by atomic mass is 16.3. The summed E-state index contributed by atoms with van der Waals surface area (Å²) in [5, 5.41) is 10.2. The number of carbonyl (C=O) groups is 3. The number of piperazine rings is 2. The first-order valence-corrected chi connectivity index (χ1v) is 9.42. The van der Waals surface area contributed by atoms with E-state index in [9.17, 15) is 19.5 Å². The van der Waals surface area contributed by atoms with Crippen LogP contribution in [-0.2, 0) is 14.4 Å². The van der Waals surface area contributed by atoms with E-state index in [1.165, 1.54) is 12.2 Å². The molecule has 0 spiro atoms. The van der Waals surface area contributed by atoms with Gasteiger partial charge in [-0.2, -0.15) is 0 Å². The van der Waals surface area contributed by atoms with Crippen molar-refractivity contribution in [3.63, 3.8) is 0 Å². The maximum absolute atomic E-state index is 12.2. The fourth-order valence-corrected chi connectivity index (χ4v) is 3.34. The first-order chi connectivity index (χ1) is 12.8. The van der Waals surface area contributed by atoms with Crippen molar-refractivity contribution in [2.24, 2.45) is 0 Å². The van der Waals surface area contributed by atoms with Crippen LogP contribution in [0.3, 0.4) is 0 Å². The van der Waals surface area contributed by atoms with Crippen LogP contribution in [0.15, 0.2) is 24.8 Å². The van der Waals surface area contributed by atoms with Crippen molar-refractivity contribution in [1.82, 2.24) is 19.6 Å². The van der Waals surface area contributed by atoms with Crippen LogP contribution < -0.4 is 0 Å². The van der Waals surface area contributed by atoms with Gasteiger partial charge in [-0.05, 0) is 32.4 Å². The number of aliphatic hydroxyl groups is 1. The van der Waals surface area contributed by atoms with E-state index in [1.807, 2.05) is 18.7 Å².